The molecule has 0 saturated carbocycles. The number of nitrogen functional groups attached to an aromatic ring is 1. The van der Waals surface area contributed by atoms with E-state index >= 15 is 0 Å². The number of aryl methyl sites for hydroxylation is 3. The highest BCUT2D eigenvalue weighted by Gasteiger charge is 2.14. The molecule has 3 N–H and O–H groups in total. The second kappa shape index (κ2) is 8.62. The van der Waals surface area contributed by atoms with Crippen molar-refractivity contribution in [1.29, 1.82) is 0 Å². The summed E-state index contributed by atoms with van der Waals surface area (Å²) in [5, 5.41) is 3.25. The van der Waals surface area contributed by atoms with E-state index in [4.69, 9.17) is 10.5 Å². The standard InChI is InChI=1S/C23H27N7O2/c1-15-6-5-7-17(12-15)32-11-10-28(2)22-20(24)21(25-14-26-22)27-16-8-9-18-19(13-16)30(4)23(31)29(18)3/h5-9,12-14H,10-11,24H2,1-4H3,(H,25,26,27). The molecule has 0 aliphatic carbocycles. The van der Waals surface area contributed by atoms with Crippen LogP contribution in [0.25, 0.3) is 11.0 Å². The SMILES string of the molecule is Cc1cccc(OCCN(C)c2ncnc(Nc3ccc4c(c3)n(C)c(=O)n4C)c2N)c1. The fourth-order valence-corrected chi connectivity index (χ4v) is 3.62. The number of likely N-dealkylation sites (N-methyl/N-ethyl adjacent to an activating group) is 1. The average Bonchev–Trinajstić information content (AvgIpc) is 2.99. The van der Waals surface area contributed by atoms with Crippen LogP contribution in [0.2, 0.25) is 0 Å². The molecular weight excluding hydrogens is 406 g/mol. The molecule has 0 unspecified atom stereocenters. The van der Waals surface area contributed by atoms with Gasteiger partial charge in [-0.3, -0.25) is 9.13 Å². The summed E-state index contributed by atoms with van der Waals surface area (Å²) >= 11 is 0. The Balaban J connectivity index is 1.49. The summed E-state index contributed by atoms with van der Waals surface area (Å²) < 4.78 is 9.06. The summed E-state index contributed by atoms with van der Waals surface area (Å²) in [6.07, 6.45) is 1.47. The van der Waals surface area contributed by atoms with Gasteiger partial charge in [0.05, 0.1) is 17.6 Å². The Bertz CT molecular complexity index is 1330. The van der Waals surface area contributed by atoms with Crippen LogP contribution >= 0.6 is 0 Å². The molecule has 0 amide bonds. The highest BCUT2D eigenvalue weighted by molar-refractivity contribution is 5.84. The minimum absolute atomic E-state index is 0.0736. The number of hydrogen-bond donors (Lipinski definition) is 2. The lowest BCUT2D eigenvalue weighted by atomic mass is 10.2. The van der Waals surface area contributed by atoms with Crippen molar-refractivity contribution < 1.29 is 4.74 Å². The minimum Gasteiger partial charge on any atom is -0.492 e. The van der Waals surface area contributed by atoms with Crippen LogP contribution in [0.1, 0.15) is 5.56 Å². The van der Waals surface area contributed by atoms with Crippen LogP contribution in [0.3, 0.4) is 0 Å². The number of ether oxygens (including phenoxy) is 1. The molecule has 0 aliphatic heterocycles. The molecule has 4 aromatic rings. The number of anilines is 4. The van der Waals surface area contributed by atoms with Crippen molar-refractivity contribution in [2.45, 2.75) is 6.92 Å². The van der Waals surface area contributed by atoms with Crippen molar-refractivity contribution in [3.05, 3.63) is 64.8 Å². The molecule has 0 bridgehead atoms. The Morgan fingerprint density at radius 1 is 1.09 bits per heavy atom. The van der Waals surface area contributed by atoms with Crippen LogP contribution in [0.15, 0.2) is 53.6 Å². The van der Waals surface area contributed by atoms with Gasteiger partial charge in [-0.1, -0.05) is 12.1 Å². The lowest BCUT2D eigenvalue weighted by Crippen LogP contribution is -2.26. The van der Waals surface area contributed by atoms with Crippen LogP contribution < -0.4 is 26.4 Å². The van der Waals surface area contributed by atoms with Gasteiger partial charge in [0.1, 0.15) is 24.4 Å². The molecule has 166 valence electrons. The summed E-state index contributed by atoms with van der Waals surface area (Å²) in [5.41, 5.74) is 10.3. The summed E-state index contributed by atoms with van der Waals surface area (Å²) in [6.45, 7) is 3.13. The van der Waals surface area contributed by atoms with E-state index in [1.54, 1.807) is 23.2 Å². The molecule has 0 fully saturated rings. The van der Waals surface area contributed by atoms with E-state index in [-0.39, 0.29) is 5.69 Å². The summed E-state index contributed by atoms with van der Waals surface area (Å²) in [6, 6.07) is 13.6. The first-order valence-corrected chi connectivity index (χ1v) is 10.3. The molecule has 0 saturated heterocycles. The number of benzene rings is 2. The third-order valence-corrected chi connectivity index (χ3v) is 5.44. The second-order valence-corrected chi connectivity index (χ2v) is 7.78. The summed E-state index contributed by atoms with van der Waals surface area (Å²) in [5.74, 6) is 1.95. The fraction of sp³-hybridized carbons (Fsp3) is 0.261. The molecule has 9 heteroatoms. The maximum Gasteiger partial charge on any atom is 0.328 e. The number of nitrogens with one attached hydrogen (secondary N) is 1. The highest BCUT2D eigenvalue weighted by Crippen LogP contribution is 2.29. The number of imidazole rings is 1. The maximum atomic E-state index is 12.2. The molecule has 2 aromatic heterocycles. The van der Waals surface area contributed by atoms with Crippen molar-refractivity contribution in [3.8, 4) is 5.75 Å². The first-order valence-electron chi connectivity index (χ1n) is 10.3. The van der Waals surface area contributed by atoms with Gasteiger partial charge in [0.2, 0.25) is 0 Å². The predicted molar refractivity (Wildman–Crippen MR) is 128 cm³/mol. The van der Waals surface area contributed by atoms with Crippen LogP contribution in [0, 0.1) is 6.92 Å². The number of fused-ring (bicyclic) bond motifs is 1. The lowest BCUT2D eigenvalue weighted by Gasteiger charge is -2.21. The third-order valence-electron chi connectivity index (χ3n) is 5.44. The van der Waals surface area contributed by atoms with Gasteiger partial charge in [-0.15, -0.1) is 0 Å². The zero-order chi connectivity index (χ0) is 22.8. The van der Waals surface area contributed by atoms with Crippen molar-refractivity contribution in [3.63, 3.8) is 0 Å². The van der Waals surface area contributed by atoms with E-state index in [0.29, 0.717) is 30.5 Å². The van der Waals surface area contributed by atoms with Crippen LogP contribution in [-0.2, 0) is 14.1 Å². The fourth-order valence-electron chi connectivity index (χ4n) is 3.62. The number of aromatic nitrogens is 4. The van der Waals surface area contributed by atoms with Gasteiger partial charge in [-0.2, -0.15) is 0 Å². The monoisotopic (exact) mass is 433 g/mol. The van der Waals surface area contributed by atoms with Crippen molar-refractivity contribution in [2.24, 2.45) is 14.1 Å². The quantitative estimate of drug-likeness (QED) is 0.462. The minimum atomic E-state index is -0.0736. The first kappa shape index (κ1) is 21.2. The largest absolute Gasteiger partial charge is 0.492 e. The van der Waals surface area contributed by atoms with Gasteiger partial charge >= 0.3 is 5.69 Å². The zero-order valence-electron chi connectivity index (χ0n) is 18.7. The van der Waals surface area contributed by atoms with Gasteiger partial charge in [0.15, 0.2) is 11.6 Å². The Morgan fingerprint density at radius 2 is 1.88 bits per heavy atom. The van der Waals surface area contributed by atoms with E-state index in [1.165, 1.54) is 6.33 Å². The Kier molecular flexibility index (Phi) is 5.72. The second-order valence-electron chi connectivity index (χ2n) is 7.78. The van der Waals surface area contributed by atoms with E-state index < -0.39 is 0 Å². The molecule has 0 radical (unpaired) electrons. The molecule has 9 nitrogen and oxygen atoms in total. The molecule has 32 heavy (non-hydrogen) atoms. The molecule has 0 atom stereocenters. The number of nitrogens with zero attached hydrogens (tertiary/aromatic N) is 5. The third kappa shape index (κ3) is 4.09. The van der Waals surface area contributed by atoms with Gasteiger partial charge in [-0.05, 0) is 42.8 Å². The lowest BCUT2D eigenvalue weighted by molar-refractivity contribution is 0.325. The highest BCUT2D eigenvalue weighted by atomic mass is 16.5. The summed E-state index contributed by atoms with van der Waals surface area (Å²) in [4.78, 5) is 22.8. The smallest absolute Gasteiger partial charge is 0.328 e. The topological polar surface area (TPSA) is 103 Å². The first-order chi connectivity index (χ1) is 15.3. The van der Waals surface area contributed by atoms with E-state index in [0.717, 1.165) is 28.0 Å². The predicted octanol–water partition coefficient (Wildman–Crippen LogP) is 2.82. The number of rotatable bonds is 7. The molecule has 0 aliphatic rings. The van der Waals surface area contributed by atoms with Crippen molar-refractivity contribution in [2.75, 3.05) is 36.1 Å². The molecule has 2 heterocycles. The van der Waals surface area contributed by atoms with E-state index in [9.17, 15) is 4.79 Å². The van der Waals surface area contributed by atoms with Gasteiger partial charge in [0, 0.05) is 26.8 Å². The van der Waals surface area contributed by atoms with Gasteiger partial charge in [0.25, 0.3) is 0 Å². The normalized spacial score (nSPS) is 11.0. The molecular formula is C23H27N7O2. The average molecular weight is 434 g/mol. The Hall–Kier alpha value is -4.01. The van der Waals surface area contributed by atoms with Crippen LogP contribution in [0.4, 0.5) is 23.0 Å². The van der Waals surface area contributed by atoms with Crippen molar-refractivity contribution >= 4 is 34.0 Å². The van der Waals surface area contributed by atoms with Crippen LogP contribution in [0.5, 0.6) is 5.75 Å². The Labute approximate surface area is 186 Å². The zero-order valence-corrected chi connectivity index (χ0v) is 18.7. The van der Waals surface area contributed by atoms with E-state index in [1.807, 2.05) is 61.3 Å². The van der Waals surface area contributed by atoms with Gasteiger partial charge in [-0.25, -0.2) is 14.8 Å². The number of nitrogens with two attached hydrogens (primary N) is 1. The molecule has 4 rings (SSSR count). The molecule has 0 spiro atoms. The van der Waals surface area contributed by atoms with Crippen molar-refractivity contribution in [1.82, 2.24) is 19.1 Å². The Morgan fingerprint density at radius 3 is 2.66 bits per heavy atom. The molecule has 2 aromatic carbocycles. The summed E-state index contributed by atoms with van der Waals surface area (Å²) in [7, 11) is 5.41. The maximum absolute atomic E-state index is 12.2. The number of hydrogen-bond acceptors (Lipinski definition) is 7. The van der Waals surface area contributed by atoms with Gasteiger partial charge < -0.3 is 20.7 Å². The van der Waals surface area contributed by atoms with E-state index in [2.05, 4.69) is 15.3 Å². The van der Waals surface area contributed by atoms with Crippen LogP contribution in [-0.4, -0.2) is 39.3 Å².